The highest BCUT2D eigenvalue weighted by atomic mass is 16.5. The van der Waals surface area contributed by atoms with E-state index in [0.29, 0.717) is 6.10 Å². The van der Waals surface area contributed by atoms with E-state index in [1.54, 1.807) is 0 Å². The van der Waals surface area contributed by atoms with E-state index in [-0.39, 0.29) is 6.10 Å². The van der Waals surface area contributed by atoms with Crippen LogP contribution in [0.1, 0.15) is 68.1 Å². The number of ether oxygens (including phenoxy) is 1. The second-order valence-corrected chi connectivity index (χ2v) is 7.91. The summed E-state index contributed by atoms with van der Waals surface area (Å²) in [7, 11) is 0. The second-order valence-electron chi connectivity index (χ2n) is 7.91. The fourth-order valence-electron chi connectivity index (χ4n) is 4.67. The van der Waals surface area contributed by atoms with Gasteiger partial charge in [-0.2, -0.15) is 0 Å². The van der Waals surface area contributed by atoms with Gasteiger partial charge in [0.05, 0.1) is 18.8 Å². The van der Waals surface area contributed by atoms with E-state index in [9.17, 15) is 5.11 Å². The van der Waals surface area contributed by atoms with Crippen LogP contribution in [0.4, 0.5) is 0 Å². The smallest absolute Gasteiger partial charge is 0.0720 e. The van der Waals surface area contributed by atoms with Gasteiger partial charge in [0.15, 0.2) is 0 Å². The van der Waals surface area contributed by atoms with Crippen molar-refractivity contribution in [3.05, 3.63) is 34.9 Å². The highest BCUT2D eigenvalue weighted by Crippen LogP contribution is 2.39. The van der Waals surface area contributed by atoms with E-state index >= 15 is 0 Å². The van der Waals surface area contributed by atoms with Crippen LogP contribution in [0.15, 0.2) is 18.2 Å². The number of hydrogen-bond donors (Lipinski definition) is 1. The highest BCUT2D eigenvalue weighted by Gasteiger charge is 2.30. The molecular formula is C21H32O2. The Labute approximate surface area is 141 Å². The van der Waals surface area contributed by atoms with E-state index in [2.05, 4.69) is 32.0 Å². The molecule has 0 bridgehead atoms. The average molecular weight is 316 g/mol. The molecule has 2 heteroatoms. The lowest BCUT2D eigenvalue weighted by Gasteiger charge is -2.36. The summed E-state index contributed by atoms with van der Waals surface area (Å²) in [6, 6.07) is 6.70. The second kappa shape index (κ2) is 7.81. The van der Waals surface area contributed by atoms with Gasteiger partial charge in [-0.3, -0.25) is 0 Å². The molecule has 1 N–H and O–H groups in total. The van der Waals surface area contributed by atoms with Crippen LogP contribution in [-0.4, -0.2) is 17.3 Å². The first kappa shape index (κ1) is 17.0. The van der Waals surface area contributed by atoms with Crippen molar-refractivity contribution in [2.45, 2.75) is 84.0 Å². The third kappa shape index (κ3) is 4.81. The lowest BCUT2D eigenvalue weighted by molar-refractivity contribution is -0.00577. The van der Waals surface area contributed by atoms with Gasteiger partial charge in [-0.1, -0.05) is 29.3 Å². The predicted molar refractivity (Wildman–Crippen MR) is 94.4 cm³/mol. The number of rotatable bonds is 4. The molecule has 0 atom stereocenters. The molecule has 2 aliphatic carbocycles. The van der Waals surface area contributed by atoms with Gasteiger partial charge in [-0.05, 0) is 82.6 Å². The van der Waals surface area contributed by atoms with Crippen molar-refractivity contribution in [2.75, 3.05) is 0 Å². The van der Waals surface area contributed by atoms with Gasteiger partial charge in [-0.25, -0.2) is 0 Å². The molecule has 0 radical (unpaired) electrons. The van der Waals surface area contributed by atoms with Crippen LogP contribution in [0, 0.1) is 25.7 Å². The lowest BCUT2D eigenvalue weighted by atomic mass is 9.72. The largest absolute Gasteiger partial charge is 0.393 e. The summed E-state index contributed by atoms with van der Waals surface area (Å²) in [6.45, 7) is 5.07. The fraction of sp³-hybridized carbons (Fsp3) is 0.714. The maximum Gasteiger partial charge on any atom is 0.0720 e. The Kier molecular flexibility index (Phi) is 5.76. The molecule has 1 aromatic carbocycles. The third-order valence-electron chi connectivity index (χ3n) is 5.89. The molecule has 0 saturated heterocycles. The molecule has 2 nitrogen and oxygen atoms in total. The van der Waals surface area contributed by atoms with Gasteiger partial charge in [0.1, 0.15) is 0 Å². The maximum absolute atomic E-state index is 9.66. The summed E-state index contributed by atoms with van der Waals surface area (Å²) in [6.07, 6.45) is 10.0. The minimum atomic E-state index is -0.0243. The van der Waals surface area contributed by atoms with Crippen molar-refractivity contribution in [3.8, 4) is 0 Å². The molecule has 1 aromatic rings. The van der Waals surface area contributed by atoms with Gasteiger partial charge in [0.2, 0.25) is 0 Å². The highest BCUT2D eigenvalue weighted by molar-refractivity contribution is 5.28. The molecule has 2 aliphatic rings. The quantitative estimate of drug-likeness (QED) is 0.853. The van der Waals surface area contributed by atoms with Crippen molar-refractivity contribution in [1.82, 2.24) is 0 Å². The average Bonchev–Trinajstić information content (AvgIpc) is 2.53. The summed E-state index contributed by atoms with van der Waals surface area (Å²) in [5, 5.41) is 9.66. The van der Waals surface area contributed by atoms with Gasteiger partial charge in [-0.15, -0.1) is 0 Å². The summed E-state index contributed by atoms with van der Waals surface area (Å²) >= 11 is 0. The Balaban J connectivity index is 1.42. The Morgan fingerprint density at radius 1 is 0.826 bits per heavy atom. The molecule has 2 fully saturated rings. The van der Waals surface area contributed by atoms with E-state index in [0.717, 1.165) is 31.3 Å². The zero-order chi connectivity index (χ0) is 16.2. The minimum absolute atomic E-state index is 0.0243. The van der Waals surface area contributed by atoms with Gasteiger partial charge in [0, 0.05) is 0 Å². The molecule has 0 aliphatic heterocycles. The van der Waals surface area contributed by atoms with Crippen molar-refractivity contribution >= 4 is 0 Å². The van der Waals surface area contributed by atoms with Crippen molar-refractivity contribution < 1.29 is 9.84 Å². The first-order valence-corrected chi connectivity index (χ1v) is 9.47. The first-order valence-electron chi connectivity index (χ1n) is 9.47. The molecule has 0 unspecified atom stereocenters. The van der Waals surface area contributed by atoms with E-state index in [1.807, 2.05) is 0 Å². The van der Waals surface area contributed by atoms with Crippen molar-refractivity contribution in [1.29, 1.82) is 0 Å². The molecule has 3 rings (SSSR count). The molecule has 0 aromatic heterocycles. The van der Waals surface area contributed by atoms with Crippen molar-refractivity contribution in [3.63, 3.8) is 0 Å². The third-order valence-corrected chi connectivity index (χ3v) is 5.89. The molecule has 23 heavy (non-hydrogen) atoms. The Hall–Kier alpha value is -0.860. The van der Waals surface area contributed by atoms with E-state index in [4.69, 9.17) is 4.74 Å². The van der Waals surface area contributed by atoms with Crippen LogP contribution in [0.2, 0.25) is 0 Å². The molecule has 0 heterocycles. The van der Waals surface area contributed by atoms with Crippen LogP contribution < -0.4 is 0 Å². The summed E-state index contributed by atoms with van der Waals surface area (Å²) in [5.74, 6) is 1.74. The Morgan fingerprint density at radius 2 is 1.35 bits per heavy atom. The monoisotopic (exact) mass is 316 g/mol. The van der Waals surface area contributed by atoms with Crippen LogP contribution in [-0.2, 0) is 11.3 Å². The number of benzene rings is 1. The van der Waals surface area contributed by atoms with Crippen LogP contribution in [0.3, 0.4) is 0 Å². The lowest BCUT2D eigenvalue weighted by Crippen LogP contribution is -2.29. The molecular weight excluding hydrogens is 284 g/mol. The minimum Gasteiger partial charge on any atom is -0.393 e. The Bertz CT molecular complexity index is 474. The molecule has 2 saturated carbocycles. The topological polar surface area (TPSA) is 29.5 Å². The molecule has 128 valence electrons. The number of hydrogen-bond acceptors (Lipinski definition) is 2. The summed E-state index contributed by atoms with van der Waals surface area (Å²) in [5.41, 5.74) is 3.96. The maximum atomic E-state index is 9.66. The van der Waals surface area contributed by atoms with Gasteiger partial charge >= 0.3 is 0 Å². The SMILES string of the molecule is Cc1cc(C)cc(COC2CCC(C3CCC(O)CC3)CC2)c1. The predicted octanol–water partition coefficient (Wildman–Crippen LogP) is 4.93. The van der Waals surface area contributed by atoms with Gasteiger partial charge in [0.25, 0.3) is 0 Å². The van der Waals surface area contributed by atoms with Crippen molar-refractivity contribution in [2.24, 2.45) is 11.8 Å². The van der Waals surface area contributed by atoms with Gasteiger partial charge < -0.3 is 9.84 Å². The number of aliphatic hydroxyl groups excluding tert-OH is 1. The number of aliphatic hydroxyl groups is 1. The standard InChI is InChI=1S/C21H32O2/c1-15-11-16(2)13-17(12-15)14-23-21-9-5-19(6-10-21)18-3-7-20(22)8-4-18/h11-13,18-22H,3-10,14H2,1-2H3. The van der Waals surface area contributed by atoms with E-state index in [1.165, 1.54) is 55.2 Å². The zero-order valence-electron chi connectivity index (χ0n) is 14.8. The Morgan fingerprint density at radius 3 is 1.91 bits per heavy atom. The normalized spacial score (nSPS) is 32.0. The number of aryl methyl sites for hydroxylation is 2. The molecule has 0 spiro atoms. The first-order chi connectivity index (χ1) is 11.1. The zero-order valence-corrected chi connectivity index (χ0v) is 14.8. The van der Waals surface area contributed by atoms with E-state index < -0.39 is 0 Å². The summed E-state index contributed by atoms with van der Waals surface area (Å²) in [4.78, 5) is 0. The van der Waals surface area contributed by atoms with Crippen LogP contribution in [0.5, 0.6) is 0 Å². The fourth-order valence-corrected chi connectivity index (χ4v) is 4.67. The van der Waals surface area contributed by atoms with Crippen LogP contribution >= 0.6 is 0 Å². The summed E-state index contributed by atoms with van der Waals surface area (Å²) < 4.78 is 6.19. The molecule has 0 amide bonds. The van der Waals surface area contributed by atoms with Crippen LogP contribution in [0.25, 0.3) is 0 Å².